The molecule has 5 rings (SSSR count). The number of hydrogen-bond donors (Lipinski definition) is 1. The summed E-state index contributed by atoms with van der Waals surface area (Å²) in [6.45, 7) is 4.28. The van der Waals surface area contributed by atoms with E-state index in [-0.39, 0.29) is 37.8 Å². The number of amides is 1. The van der Waals surface area contributed by atoms with E-state index in [9.17, 15) is 9.90 Å². The molecule has 3 heterocycles. The quantitative estimate of drug-likeness (QED) is 0.609. The first-order chi connectivity index (χ1) is 15.6. The van der Waals surface area contributed by atoms with Crippen molar-refractivity contribution >= 4 is 5.91 Å². The summed E-state index contributed by atoms with van der Waals surface area (Å²) < 4.78 is 12.6. The van der Waals surface area contributed by atoms with Crippen LogP contribution in [0.3, 0.4) is 0 Å². The van der Waals surface area contributed by atoms with Crippen molar-refractivity contribution in [1.29, 1.82) is 0 Å². The van der Waals surface area contributed by atoms with Gasteiger partial charge in [-0.1, -0.05) is 0 Å². The van der Waals surface area contributed by atoms with Crippen molar-refractivity contribution in [2.45, 2.75) is 38.6 Å². The molecule has 1 amide bonds. The molecule has 1 fully saturated rings. The van der Waals surface area contributed by atoms with E-state index in [1.54, 1.807) is 22.0 Å². The summed E-state index contributed by atoms with van der Waals surface area (Å²) in [6.07, 6.45) is 5.28. The highest BCUT2D eigenvalue weighted by Gasteiger charge is 2.35. The second-order valence-electron chi connectivity index (χ2n) is 8.26. The van der Waals surface area contributed by atoms with E-state index in [4.69, 9.17) is 14.5 Å². The second-order valence-corrected chi connectivity index (χ2v) is 8.26. The predicted octanol–water partition coefficient (Wildman–Crippen LogP) is 2.78. The van der Waals surface area contributed by atoms with E-state index in [1.165, 1.54) is 0 Å². The van der Waals surface area contributed by atoms with Gasteiger partial charge in [0.1, 0.15) is 0 Å². The first kappa shape index (κ1) is 20.4. The zero-order chi connectivity index (χ0) is 22.2. The Morgan fingerprint density at radius 3 is 2.81 bits per heavy atom. The van der Waals surface area contributed by atoms with Crippen LogP contribution in [0.2, 0.25) is 0 Å². The Bertz CT molecular complexity index is 1160. The van der Waals surface area contributed by atoms with Crippen molar-refractivity contribution in [2.75, 3.05) is 19.9 Å². The minimum atomic E-state index is -0.130. The lowest BCUT2D eigenvalue weighted by Gasteiger charge is -2.26. The summed E-state index contributed by atoms with van der Waals surface area (Å²) in [5.74, 6) is 1.93. The van der Waals surface area contributed by atoms with E-state index in [1.807, 2.05) is 38.1 Å². The van der Waals surface area contributed by atoms with Crippen molar-refractivity contribution in [1.82, 2.24) is 24.6 Å². The molecule has 2 aliphatic rings. The summed E-state index contributed by atoms with van der Waals surface area (Å²) in [6, 6.07) is 7.48. The molecule has 3 aromatic rings. The topological polar surface area (TPSA) is 103 Å². The zero-order valence-corrected chi connectivity index (χ0v) is 18.1. The van der Waals surface area contributed by atoms with Crippen LogP contribution in [0.15, 0.2) is 36.7 Å². The molecule has 1 saturated carbocycles. The van der Waals surface area contributed by atoms with Gasteiger partial charge in [-0.25, -0.2) is 14.6 Å². The van der Waals surface area contributed by atoms with E-state index >= 15 is 0 Å². The number of aliphatic hydroxyl groups excluding tert-OH is 1. The van der Waals surface area contributed by atoms with Crippen LogP contribution < -0.4 is 9.47 Å². The van der Waals surface area contributed by atoms with Gasteiger partial charge in [-0.2, -0.15) is 5.10 Å². The highest BCUT2D eigenvalue weighted by atomic mass is 16.7. The van der Waals surface area contributed by atoms with Crippen LogP contribution in [0, 0.1) is 0 Å². The average Bonchev–Trinajstić information content (AvgIpc) is 3.36. The smallest absolute Gasteiger partial charge is 0.257 e. The molecule has 0 atom stereocenters. The van der Waals surface area contributed by atoms with Gasteiger partial charge in [0.2, 0.25) is 6.79 Å². The number of aromatic nitrogens is 4. The number of rotatable bonds is 7. The number of aliphatic hydroxyl groups is 1. The lowest BCUT2D eigenvalue weighted by atomic mass is 10.1. The van der Waals surface area contributed by atoms with Gasteiger partial charge in [-0.05, 0) is 51.0 Å². The largest absolute Gasteiger partial charge is 0.454 e. The zero-order valence-electron chi connectivity index (χ0n) is 18.1. The van der Waals surface area contributed by atoms with Crippen LogP contribution in [0.5, 0.6) is 11.5 Å². The molecule has 166 valence electrons. The van der Waals surface area contributed by atoms with Crippen LogP contribution in [0.1, 0.15) is 48.7 Å². The van der Waals surface area contributed by atoms with Gasteiger partial charge in [0.05, 0.1) is 29.8 Å². The lowest BCUT2D eigenvalue weighted by Crippen LogP contribution is -2.39. The maximum atomic E-state index is 13.3. The Balaban J connectivity index is 1.52. The molecular weight excluding hydrogens is 410 g/mol. The van der Waals surface area contributed by atoms with Gasteiger partial charge in [0, 0.05) is 30.3 Å². The molecule has 0 spiro atoms. The van der Waals surface area contributed by atoms with Gasteiger partial charge in [0.15, 0.2) is 11.5 Å². The normalized spacial score (nSPS) is 14.8. The van der Waals surface area contributed by atoms with E-state index in [2.05, 4.69) is 10.1 Å². The molecule has 0 unspecified atom stereocenters. The first-order valence-electron chi connectivity index (χ1n) is 10.8. The number of ether oxygens (including phenoxy) is 2. The standard InChI is InChI=1S/C23H25N5O4/c1-14(2)27(9-10-29)22(30)17-12-25-28(21(17)15-3-4-15)23-24-8-7-18(26-23)16-5-6-19-20(11-16)32-13-31-19/h5-8,11-12,14-15,29H,3-4,9-10,13H2,1-2H3. The van der Waals surface area contributed by atoms with Gasteiger partial charge in [-0.15, -0.1) is 0 Å². The maximum Gasteiger partial charge on any atom is 0.257 e. The van der Waals surface area contributed by atoms with Gasteiger partial charge in [-0.3, -0.25) is 4.79 Å². The molecule has 1 aliphatic carbocycles. The molecule has 32 heavy (non-hydrogen) atoms. The minimum absolute atomic E-state index is 0.0318. The summed E-state index contributed by atoms with van der Waals surface area (Å²) in [5, 5.41) is 13.9. The molecule has 0 radical (unpaired) electrons. The Labute approximate surface area is 185 Å². The second kappa shape index (κ2) is 8.23. The predicted molar refractivity (Wildman–Crippen MR) is 116 cm³/mol. The first-order valence-corrected chi connectivity index (χ1v) is 10.8. The average molecular weight is 435 g/mol. The van der Waals surface area contributed by atoms with Crippen molar-refractivity contribution in [2.24, 2.45) is 0 Å². The third kappa shape index (κ3) is 3.69. The van der Waals surface area contributed by atoms with E-state index in [0.717, 1.165) is 29.8 Å². The van der Waals surface area contributed by atoms with Gasteiger partial charge >= 0.3 is 0 Å². The summed E-state index contributed by atoms with van der Waals surface area (Å²) in [7, 11) is 0. The Hall–Kier alpha value is -3.46. The lowest BCUT2D eigenvalue weighted by molar-refractivity contribution is 0.0664. The molecule has 9 heteroatoms. The fraction of sp³-hybridized carbons (Fsp3) is 0.391. The Kier molecular flexibility index (Phi) is 5.26. The molecule has 2 aromatic heterocycles. The molecule has 1 aliphatic heterocycles. The van der Waals surface area contributed by atoms with Crippen molar-refractivity contribution in [3.05, 3.63) is 47.9 Å². The number of benzene rings is 1. The van der Waals surface area contributed by atoms with Crippen molar-refractivity contribution in [3.63, 3.8) is 0 Å². The van der Waals surface area contributed by atoms with Crippen molar-refractivity contribution in [3.8, 4) is 28.7 Å². The van der Waals surface area contributed by atoms with Crippen LogP contribution in [-0.4, -0.2) is 61.6 Å². The number of carbonyl (C=O) groups excluding carboxylic acids is 1. The number of nitrogens with zero attached hydrogens (tertiary/aromatic N) is 5. The summed E-state index contributed by atoms with van der Waals surface area (Å²) >= 11 is 0. The number of carbonyl (C=O) groups is 1. The SMILES string of the molecule is CC(C)N(CCO)C(=O)c1cnn(-c2nccc(-c3ccc4c(c3)OCO4)n2)c1C1CC1. The summed E-state index contributed by atoms with van der Waals surface area (Å²) in [5.41, 5.74) is 2.99. The van der Waals surface area contributed by atoms with E-state index < -0.39 is 0 Å². The fourth-order valence-electron chi connectivity index (χ4n) is 3.96. The van der Waals surface area contributed by atoms with Crippen LogP contribution in [0.25, 0.3) is 17.2 Å². The third-order valence-electron chi connectivity index (χ3n) is 5.73. The molecule has 0 bridgehead atoms. The minimum Gasteiger partial charge on any atom is -0.454 e. The highest BCUT2D eigenvalue weighted by molar-refractivity contribution is 5.95. The molecule has 1 aromatic carbocycles. The number of hydrogen-bond acceptors (Lipinski definition) is 7. The number of fused-ring (bicyclic) bond motifs is 1. The Morgan fingerprint density at radius 1 is 1.25 bits per heavy atom. The highest BCUT2D eigenvalue weighted by Crippen LogP contribution is 2.42. The fourth-order valence-corrected chi connectivity index (χ4v) is 3.96. The molecule has 9 nitrogen and oxygen atoms in total. The van der Waals surface area contributed by atoms with E-state index in [0.29, 0.717) is 23.0 Å². The molecule has 0 saturated heterocycles. The monoisotopic (exact) mass is 435 g/mol. The molecule has 1 N–H and O–H groups in total. The van der Waals surface area contributed by atoms with Crippen molar-refractivity contribution < 1.29 is 19.4 Å². The third-order valence-corrected chi connectivity index (χ3v) is 5.73. The van der Waals surface area contributed by atoms with Crippen LogP contribution >= 0.6 is 0 Å². The molecular formula is C23H25N5O4. The Morgan fingerprint density at radius 2 is 2.06 bits per heavy atom. The summed E-state index contributed by atoms with van der Waals surface area (Å²) in [4.78, 5) is 24.1. The van der Waals surface area contributed by atoms with Crippen LogP contribution in [0.4, 0.5) is 0 Å². The van der Waals surface area contributed by atoms with Crippen LogP contribution in [-0.2, 0) is 0 Å². The maximum absolute atomic E-state index is 13.3. The van der Waals surface area contributed by atoms with Gasteiger partial charge in [0.25, 0.3) is 11.9 Å². The van der Waals surface area contributed by atoms with Gasteiger partial charge < -0.3 is 19.5 Å².